The maximum absolute atomic E-state index is 12.8. The molecule has 0 saturated heterocycles. The summed E-state index contributed by atoms with van der Waals surface area (Å²) in [5.41, 5.74) is 3.57. The first-order valence-electron chi connectivity index (χ1n) is 10.8. The van der Waals surface area contributed by atoms with Crippen molar-refractivity contribution in [2.24, 2.45) is 0 Å². The summed E-state index contributed by atoms with van der Waals surface area (Å²) in [6.45, 7) is 0. The Balaban J connectivity index is 1.27. The smallest absolute Gasteiger partial charge is 0.291 e. The lowest BCUT2D eigenvalue weighted by Crippen LogP contribution is -2.10. The highest BCUT2D eigenvalue weighted by Gasteiger charge is 2.16. The number of nitrogens with zero attached hydrogens (tertiary/aromatic N) is 1. The average molecular weight is 544 g/mol. The number of halogens is 2. The zero-order valence-corrected chi connectivity index (χ0v) is 20.4. The van der Waals surface area contributed by atoms with Crippen LogP contribution >= 0.6 is 27.5 Å². The van der Waals surface area contributed by atoms with Gasteiger partial charge in [0.15, 0.2) is 11.3 Å². The van der Waals surface area contributed by atoms with Gasteiger partial charge in [0.2, 0.25) is 5.89 Å². The van der Waals surface area contributed by atoms with Gasteiger partial charge in [-0.1, -0.05) is 63.9 Å². The number of amides is 1. The maximum Gasteiger partial charge on any atom is 0.291 e. The first kappa shape index (κ1) is 21.6. The van der Waals surface area contributed by atoms with Gasteiger partial charge in [-0.25, -0.2) is 4.98 Å². The summed E-state index contributed by atoms with van der Waals surface area (Å²) in [5.74, 6) is 0.979. The second kappa shape index (κ2) is 8.73. The quantitative estimate of drug-likeness (QED) is 0.242. The molecule has 0 saturated carbocycles. The summed E-state index contributed by atoms with van der Waals surface area (Å²) in [5, 5.41) is 5.43. The number of hydrogen-bond donors (Lipinski definition) is 1. The van der Waals surface area contributed by atoms with Crippen LogP contribution in [0, 0.1) is 0 Å². The number of oxazole rings is 1. The van der Waals surface area contributed by atoms with Crippen LogP contribution in [0.25, 0.3) is 44.7 Å². The molecular weight excluding hydrogens is 528 g/mol. The lowest BCUT2D eigenvalue weighted by atomic mass is 10.0. The van der Waals surface area contributed by atoms with E-state index in [1.54, 1.807) is 30.3 Å². The topological polar surface area (TPSA) is 68.3 Å². The third-order valence-electron chi connectivity index (χ3n) is 5.70. The van der Waals surface area contributed by atoms with Gasteiger partial charge in [-0.2, -0.15) is 0 Å². The van der Waals surface area contributed by atoms with Gasteiger partial charge in [-0.15, -0.1) is 0 Å². The van der Waals surface area contributed by atoms with Gasteiger partial charge < -0.3 is 14.2 Å². The molecule has 5 nitrogen and oxygen atoms in total. The van der Waals surface area contributed by atoms with Crippen molar-refractivity contribution in [3.8, 4) is 22.8 Å². The summed E-state index contributed by atoms with van der Waals surface area (Å²) in [7, 11) is 0. The molecule has 1 N–H and O–H groups in total. The summed E-state index contributed by atoms with van der Waals surface area (Å²) >= 11 is 9.77. The molecule has 2 heterocycles. The summed E-state index contributed by atoms with van der Waals surface area (Å²) in [6, 6.07) is 28.1. The van der Waals surface area contributed by atoms with Gasteiger partial charge in [0.1, 0.15) is 11.3 Å². The number of furan rings is 1. The van der Waals surface area contributed by atoms with E-state index in [0.717, 1.165) is 26.4 Å². The molecule has 1 amide bonds. The van der Waals surface area contributed by atoms with Crippen molar-refractivity contribution in [3.05, 3.63) is 106 Å². The fourth-order valence-corrected chi connectivity index (χ4v) is 4.50. The number of nitrogens with one attached hydrogen (secondary N) is 1. The fraction of sp³-hybridized carbons (Fsp3) is 0. The van der Waals surface area contributed by atoms with E-state index in [-0.39, 0.29) is 11.7 Å². The Hall–Kier alpha value is -3.87. The Labute approximate surface area is 213 Å². The maximum atomic E-state index is 12.8. The van der Waals surface area contributed by atoms with E-state index >= 15 is 0 Å². The van der Waals surface area contributed by atoms with Crippen LogP contribution in [-0.2, 0) is 0 Å². The van der Waals surface area contributed by atoms with Crippen LogP contribution in [0.4, 0.5) is 5.69 Å². The number of fused-ring (bicyclic) bond motifs is 2. The molecule has 0 aliphatic heterocycles. The number of benzene rings is 4. The molecule has 7 heteroatoms. The molecule has 6 aromatic rings. The van der Waals surface area contributed by atoms with Gasteiger partial charge >= 0.3 is 0 Å². The first-order chi connectivity index (χ1) is 17.0. The monoisotopic (exact) mass is 542 g/mol. The Morgan fingerprint density at radius 3 is 2.51 bits per heavy atom. The molecule has 170 valence electrons. The molecular formula is C28H16BrClN2O3. The zero-order valence-electron chi connectivity index (χ0n) is 18.1. The van der Waals surface area contributed by atoms with Gasteiger partial charge in [-0.05, 0) is 60.0 Å². The van der Waals surface area contributed by atoms with E-state index in [9.17, 15) is 4.79 Å². The first-order valence-corrected chi connectivity index (χ1v) is 12.0. The highest BCUT2D eigenvalue weighted by atomic mass is 79.9. The zero-order chi connectivity index (χ0) is 23.9. The Bertz CT molecular complexity index is 1720. The van der Waals surface area contributed by atoms with E-state index in [2.05, 4.69) is 26.2 Å². The number of anilines is 1. The Morgan fingerprint density at radius 1 is 0.857 bits per heavy atom. The van der Waals surface area contributed by atoms with Crippen molar-refractivity contribution < 1.29 is 13.6 Å². The Morgan fingerprint density at radius 2 is 1.66 bits per heavy atom. The van der Waals surface area contributed by atoms with E-state index in [0.29, 0.717) is 33.5 Å². The largest absolute Gasteiger partial charge is 0.451 e. The number of carbonyl (C=O) groups excluding carboxylic acids is 1. The fourth-order valence-electron chi connectivity index (χ4n) is 4.00. The van der Waals surface area contributed by atoms with E-state index in [1.807, 2.05) is 60.7 Å². The molecule has 0 atom stereocenters. The van der Waals surface area contributed by atoms with E-state index < -0.39 is 0 Å². The number of carbonyl (C=O) groups is 1. The lowest BCUT2D eigenvalue weighted by molar-refractivity contribution is 0.0997. The summed E-state index contributed by atoms with van der Waals surface area (Å²) in [4.78, 5) is 17.5. The highest BCUT2D eigenvalue weighted by molar-refractivity contribution is 9.10. The van der Waals surface area contributed by atoms with Crippen LogP contribution in [0.15, 0.2) is 104 Å². The number of hydrogen-bond acceptors (Lipinski definition) is 4. The van der Waals surface area contributed by atoms with E-state index in [4.69, 9.17) is 20.4 Å². The second-order valence-corrected chi connectivity index (χ2v) is 9.29. The molecule has 0 radical (unpaired) electrons. The van der Waals surface area contributed by atoms with Crippen molar-refractivity contribution >= 4 is 61.0 Å². The van der Waals surface area contributed by atoms with Crippen molar-refractivity contribution in [1.82, 2.24) is 4.98 Å². The third-order valence-corrected chi connectivity index (χ3v) is 6.56. The van der Waals surface area contributed by atoms with Crippen LogP contribution in [0.5, 0.6) is 0 Å². The molecule has 0 fully saturated rings. The molecule has 0 unspecified atom stereocenters. The van der Waals surface area contributed by atoms with Crippen molar-refractivity contribution in [2.45, 2.75) is 0 Å². The van der Waals surface area contributed by atoms with Crippen molar-refractivity contribution in [3.63, 3.8) is 0 Å². The summed E-state index contributed by atoms with van der Waals surface area (Å²) < 4.78 is 12.8. The summed E-state index contributed by atoms with van der Waals surface area (Å²) in [6.07, 6.45) is 0. The third kappa shape index (κ3) is 4.11. The second-order valence-electron chi connectivity index (χ2n) is 7.97. The lowest BCUT2D eigenvalue weighted by Gasteiger charge is -2.04. The minimum atomic E-state index is -0.347. The predicted molar refractivity (Wildman–Crippen MR) is 142 cm³/mol. The molecule has 0 bridgehead atoms. The van der Waals surface area contributed by atoms with Gasteiger partial charge in [0.05, 0.1) is 0 Å². The average Bonchev–Trinajstić information content (AvgIpc) is 3.52. The Kier molecular flexibility index (Phi) is 5.40. The highest BCUT2D eigenvalue weighted by Crippen LogP contribution is 2.34. The normalized spacial score (nSPS) is 11.3. The molecule has 2 aromatic heterocycles. The van der Waals surface area contributed by atoms with Gasteiger partial charge in [0, 0.05) is 31.7 Å². The van der Waals surface area contributed by atoms with Crippen molar-refractivity contribution in [1.29, 1.82) is 0 Å². The van der Waals surface area contributed by atoms with Gasteiger partial charge in [0.25, 0.3) is 5.91 Å². The number of rotatable bonds is 4. The number of aromatic nitrogens is 1. The van der Waals surface area contributed by atoms with Crippen LogP contribution in [0.1, 0.15) is 10.6 Å². The molecule has 35 heavy (non-hydrogen) atoms. The van der Waals surface area contributed by atoms with Gasteiger partial charge in [-0.3, -0.25) is 4.79 Å². The SMILES string of the molecule is O=C(Nc1ccc2oc(-c3cccc4c(Cl)cccc34)nc2c1)c1ccc(-c2ccc(Br)cc2)o1. The van der Waals surface area contributed by atoms with Crippen LogP contribution in [0.2, 0.25) is 5.02 Å². The van der Waals surface area contributed by atoms with Crippen LogP contribution < -0.4 is 5.32 Å². The molecule has 6 rings (SSSR count). The van der Waals surface area contributed by atoms with Crippen LogP contribution in [-0.4, -0.2) is 10.9 Å². The molecule has 0 aliphatic carbocycles. The molecule has 0 aliphatic rings. The minimum Gasteiger partial charge on any atom is -0.451 e. The minimum absolute atomic E-state index is 0.219. The standard InChI is InChI=1S/C28H16BrClN2O3/c29-17-9-7-16(8-10-17)24-13-14-26(34-24)27(33)31-18-11-12-25-23(15-18)32-28(35-25)21-5-1-4-20-19(21)3-2-6-22(20)30/h1-15H,(H,31,33). The van der Waals surface area contributed by atoms with E-state index in [1.165, 1.54) is 0 Å². The van der Waals surface area contributed by atoms with Crippen molar-refractivity contribution in [2.75, 3.05) is 5.32 Å². The predicted octanol–water partition coefficient (Wildman–Crippen LogP) is 8.58. The molecule has 4 aromatic carbocycles. The molecule has 0 spiro atoms. The van der Waals surface area contributed by atoms with Crippen LogP contribution in [0.3, 0.4) is 0 Å².